The summed E-state index contributed by atoms with van der Waals surface area (Å²) in [5.74, 6) is 0.0881. The van der Waals surface area contributed by atoms with Crippen LogP contribution < -0.4 is 0 Å². The predicted octanol–water partition coefficient (Wildman–Crippen LogP) is 3.13. The SMILES string of the molecule is CCc1ccc(CC(=O)c2ccccn2)s1. The van der Waals surface area contributed by atoms with Gasteiger partial charge in [-0.3, -0.25) is 9.78 Å². The number of Topliss-reactive ketones (excluding diaryl/α,β-unsaturated/α-hetero) is 1. The van der Waals surface area contributed by atoms with E-state index in [9.17, 15) is 4.79 Å². The second-order valence-corrected chi connectivity index (χ2v) is 4.79. The van der Waals surface area contributed by atoms with Gasteiger partial charge in [-0.2, -0.15) is 0 Å². The van der Waals surface area contributed by atoms with Crippen LogP contribution in [0.3, 0.4) is 0 Å². The van der Waals surface area contributed by atoms with E-state index in [1.165, 1.54) is 4.88 Å². The Labute approximate surface area is 99.0 Å². The summed E-state index contributed by atoms with van der Waals surface area (Å²) in [7, 11) is 0. The number of nitrogens with zero attached hydrogens (tertiary/aromatic N) is 1. The summed E-state index contributed by atoms with van der Waals surface area (Å²) >= 11 is 1.71. The van der Waals surface area contributed by atoms with E-state index in [-0.39, 0.29) is 5.78 Å². The van der Waals surface area contributed by atoms with E-state index >= 15 is 0 Å². The van der Waals surface area contributed by atoms with E-state index in [0.717, 1.165) is 11.3 Å². The first-order valence-electron chi connectivity index (χ1n) is 5.31. The van der Waals surface area contributed by atoms with E-state index in [2.05, 4.69) is 18.0 Å². The van der Waals surface area contributed by atoms with Crippen molar-refractivity contribution in [3.8, 4) is 0 Å². The van der Waals surface area contributed by atoms with Crippen LogP contribution in [0.1, 0.15) is 27.2 Å². The monoisotopic (exact) mass is 231 g/mol. The Kier molecular flexibility index (Phi) is 3.47. The number of aryl methyl sites for hydroxylation is 1. The van der Waals surface area contributed by atoms with Gasteiger partial charge in [-0.25, -0.2) is 0 Å². The lowest BCUT2D eigenvalue weighted by Gasteiger charge is -1.97. The quantitative estimate of drug-likeness (QED) is 0.757. The van der Waals surface area contributed by atoms with Gasteiger partial charge < -0.3 is 0 Å². The third-order valence-corrected chi connectivity index (χ3v) is 3.58. The number of aromatic nitrogens is 1. The van der Waals surface area contributed by atoms with E-state index in [0.29, 0.717) is 12.1 Å². The van der Waals surface area contributed by atoms with Crippen LogP contribution >= 0.6 is 11.3 Å². The first-order chi connectivity index (χ1) is 7.79. The van der Waals surface area contributed by atoms with Crippen LogP contribution in [0.15, 0.2) is 36.5 Å². The number of ketones is 1. The molecule has 0 N–H and O–H groups in total. The molecule has 2 rings (SSSR count). The van der Waals surface area contributed by atoms with Crippen LogP contribution in [0, 0.1) is 0 Å². The third kappa shape index (κ3) is 2.55. The molecule has 16 heavy (non-hydrogen) atoms. The topological polar surface area (TPSA) is 30.0 Å². The highest BCUT2D eigenvalue weighted by Gasteiger charge is 2.09. The highest BCUT2D eigenvalue weighted by Crippen LogP contribution is 2.18. The fourth-order valence-corrected chi connectivity index (χ4v) is 2.44. The predicted molar refractivity (Wildman–Crippen MR) is 66.0 cm³/mol. The van der Waals surface area contributed by atoms with Crippen molar-refractivity contribution in [2.45, 2.75) is 19.8 Å². The molecule has 0 aliphatic rings. The van der Waals surface area contributed by atoms with Gasteiger partial charge in [-0.15, -0.1) is 11.3 Å². The summed E-state index contributed by atoms with van der Waals surface area (Å²) in [6.07, 6.45) is 3.14. The normalized spacial score (nSPS) is 10.3. The molecule has 0 spiro atoms. The highest BCUT2D eigenvalue weighted by molar-refractivity contribution is 7.12. The largest absolute Gasteiger partial charge is 0.292 e. The van der Waals surface area contributed by atoms with Crippen LogP contribution in [-0.2, 0) is 12.8 Å². The first-order valence-corrected chi connectivity index (χ1v) is 6.13. The Balaban J connectivity index is 2.08. The second-order valence-electron chi connectivity index (χ2n) is 3.54. The number of carbonyl (C=O) groups is 1. The minimum absolute atomic E-state index is 0.0881. The minimum atomic E-state index is 0.0881. The molecule has 2 heterocycles. The van der Waals surface area contributed by atoms with E-state index in [1.807, 2.05) is 18.2 Å². The molecule has 0 aliphatic carbocycles. The van der Waals surface area contributed by atoms with Crippen molar-refractivity contribution in [2.24, 2.45) is 0 Å². The standard InChI is InChI=1S/C13H13NOS/c1-2-10-6-7-11(16-10)9-13(15)12-5-3-4-8-14-12/h3-8H,2,9H2,1H3. The van der Waals surface area contributed by atoms with E-state index < -0.39 is 0 Å². The molecule has 2 nitrogen and oxygen atoms in total. The summed E-state index contributed by atoms with van der Waals surface area (Å²) in [6.45, 7) is 2.12. The molecule has 0 radical (unpaired) electrons. The number of carbonyl (C=O) groups excluding carboxylic acids is 1. The summed E-state index contributed by atoms with van der Waals surface area (Å²) in [5.41, 5.74) is 0.550. The summed E-state index contributed by atoms with van der Waals surface area (Å²) < 4.78 is 0. The van der Waals surface area contributed by atoms with Gasteiger partial charge in [0.15, 0.2) is 5.78 Å². The third-order valence-electron chi connectivity index (χ3n) is 2.35. The maximum atomic E-state index is 11.9. The van der Waals surface area contributed by atoms with Gasteiger partial charge in [0.25, 0.3) is 0 Å². The molecule has 0 saturated carbocycles. The Morgan fingerprint density at radius 3 is 2.69 bits per heavy atom. The van der Waals surface area contributed by atoms with Crippen LogP contribution in [0.25, 0.3) is 0 Å². The lowest BCUT2D eigenvalue weighted by molar-refractivity contribution is 0.0989. The highest BCUT2D eigenvalue weighted by atomic mass is 32.1. The molecule has 2 aromatic rings. The van der Waals surface area contributed by atoms with Gasteiger partial charge in [-0.05, 0) is 30.7 Å². The van der Waals surface area contributed by atoms with Gasteiger partial charge >= 0.3 is 0 Å². The molecule has 3 heteroatoms. The number of hydrogen-bond acceptors (Lipinski definition) is 3. The average Bonchev–Trinajstić information content (AvgIpc) is 2.78. The zero-order valence-electron chi connectivity index (χ0n) is 9.14. The number of hydrogen-bond donors (Lipinski definition) is 0. The molecule has 0 atom stereocenters. The molecule has 2 aromatic heterocycles. The summed E-state index contributed by atoms with van der Waals surface area (Å²) in [5, 5.41) is 0. The number of rotatable bonds is 4. The molecule has 82 valence electrons. The van der Waals surface area contributed by atoms with Crippen molar-refractivity contribution in [1.82, 2.24) is 4.98 Å². The average molecular weight is 231 g/mol. The maximum absolute atomic E-state index is 11.9. The van der Waals surface area contributed by atoms with Crippen molar-refractivity contribution < 1.29 is 4.79 Å². The summed E-state index contributed by atoms with van der Waals surface area (Å²) in [4.78, 5) is 18.4. The fourth-order valence-electron chi connectivity index (χ4n) is 1.48. The van der Waals surface area contributed by atoms with Crippen molar-refractivity contribution >= 4 is 17.1 Å². The van der Waals surface area contributed by atoms with Crippen molar-refractivity contribution in [2.75, 3.05) is 0 Å². The Hall–Kier alpha value is -1.48. The van der Waals surface area contributed by atoms with Crippen molar-refractivity contribution in [3.63, 3.8) is 0 Å². The molecule has 0 aliphatic heterocycles. The van der Waals surface area contributed by atoms with Gasteiger partial charge in [0.2, 0.25) is 0 Å². The number of pyridine rings is 1. The lowest BCUT2D eigenvalue weighted by atomic mass is 10.2. The van der Waals surface area contributed by atoms with E-state index in [1.54, 1.807) is 23.6 Å². The molecule has 0 saturated heterocycles. The zero-order chi connectivity index (χ0) is 11.4. The van der Waals surface area contributed by atoms with Crippen LogP contribution in [0.4, 0.5) is 0 Å². The molecule has 0 unspecified atom stereocenters. The molecule has 0 fully saturated rings. The Morgan fingerprint density at radius 2 is 2.06 bits per heavy atom. The van der Waals surface area contributed by atoms with Gasteiger partial charge in [0.1, 0.15) is 5.69 Å². The second kappa shape index (κ2) is 5.03. The van der Waals surface area contributed by atoms with Crippen molar-refractivity contribution in [3.05, 3.63) is 52.0 Å². The molecular weight excluding hydrogens is 218 g/mol. The van der Waals surface area contributed by atoms with Crippen LogP contribution in [0.5, 0.6) is 0 Å². The van der Waals surface area contributed by atoms with Crippen LogP contribution in [-0.4, -0.2) is 10.8 Å². The Morgan fingerprint density at radius 1 is 1.25 bits per heavy atom. The van der Waals surface area contributed by atoms with Gasteiger partial charge in [-0.1, -0.05) is 13.0 Å². The molecule has 0 aromatic carbocycles. The molecule has 0 bridgehead atoms. The zero-order valence-corrected chi connectivity index (χ0v) is 9.96. The minimum Gasteiger partial charge on any atom is -0.292 e. The van der Waals surface area contributed by atoms with Gasteiger partial charge in [0, 0.05) is 22.4 Å². The van der Waals surface area contributed by atoms with Crippen molar-refractivity contribution in [1.29, 1.82) is 0 Å². The van der Waals surface area contributed by atoms with Crippen LogP contribution in [0.2, 0.25) is 0 Å². The Bertz CT molecular complexity index is 476. The first kappa shape index (κ1) is 11.0. The molecular formula is C13H13NOS. The lowest BCUT2D eigenvalue weighted by Crippen LogP contribution is -2.04. The molecule has 0 amide bonds. The maximum Gasteiger partial charge on any atom is 0.186 e. The van der Waals surface area contributed by atoms with Gasteiger partial charge in [0.05, 0.1) is 0 Å². The number of thiophene rings is 1. The smallest absolute Gasteiger partial charge is 0.186 e. The summed E-state index contributed by atoms with van der Waals surface area (Å²) in [6, 6.07) is 9.54. The van der Waals surface area contributed by atoms with E-state index in [4.69, 9.17) is 0 Å². The fraction of sp³-hybridized carbons (Fsp3) is 0.231.